The molecule has 1 aliphatic rings. The maximum Gasteiger partial charge on any atom is 0.333 e. The Morgan fingerprint density at radius 3 is 2.38 bits per heavy atom. The fourth-order valence-electron chi connectivity index (χ4n) is 4.09. The fourth-order valence-corrected chi connectivity index (χ4v) is 4.09. The Balaban J connectivity index is 2.07. The average Bonchev–Trinajstić information content (AvgIpc) is 2.69. The van der Waals surface area contributed by atoms with Gasteiger partial charge in [-0.05, 0) is 50.8 Å². The maximum absolute atomic E-state index is 12.1. The van der Waals surface area contributed by atoms with Crippen molar-refractivity contribution in [3.05, 3.63) is 42.0 Å². The van der Waals surface area contributed by atoms with Crippen LogP contribution < -0.4 is 4.74 Å². The van der Waals surface area contributed by atoms with E-state index in [2.05, 4.69) is 13.5 Å². The number of benzene rings is 1. The average molecular weight is 403 g/mol. The van der Waals surface area contributed by atoms with E-state index in [1.165, 1.54) is 32.1 Å². The summed E-state index contributed by atoms with van der Waals surface area (Å²) >= 11 is 0. The number of carbonyl (C=O) groups is 1. The smallest absolute Gasteiger partial charge is 0.333 e. The second-order valence-corrected chi connectivity index (χ2v) is 8.42. The molecule has 1 aliphatic carbocycles. The van der Waals surface area contributed by atoms with Crippen LogP contribution in [0.25, 0.3) is 0 Å². The van der Waals surface area contributed by atoms with Crippen LogP contribution in [0.5, 0.6) is 5.75 Å². The second-order valence-electron chi connectivity index (χ2n) is 8.42. The van der Waals surface area contributed by atoms with Crippen LogP contribution in [0.2, 0.25) is 0 Å². The first-order chi connectivity index (χ1) is 13.9. The van der Waals surface area contributed by atoms with Gasteiger partial charge in [-0.15, -0.1) is 0 Å². The molecule has 4 nitrogen and oxygen atoms in total. The SMILES string of the molecule is C=C(C)C(=O)OC(C)(CCC)c1ccc(OC(CC2CCCCC2)OCC)cc1. The Morgan fingerprint density at radius 2 is 1.83 bits per heavy atom. The minimum absolute atomic E-state index is 0.211. The Hall–Kier alpha value is -1.81. The Morgan fingerprint density at radius 1 is 1.17 bits per heavy atom. The van der Waals surface area contributed by atoms with Gasteiger partial charge in [-0.25, -0.2) is 4.79 Å². The van der Waals surface area contributed by atoms with E-state index in [1.54, 1.807) is 6.92 Å². The predicted molar refractivity (Wildman–Crippen MR) is 117 cm³/mol. The standard InChI is InChI=1S/C25H38O4/c1-6-17-25(5,29-24(26)19(3)4)21-13-15-22(16-14-21)28-23(27-7-2)18-20-11-9-8-10-12-20/h13-16,20,23H,3,6-12,17-18H2,1-2,4-5H3. The molecule has 4 heteroatoms. The molecule has 0 aromatic heterocycles. The monoisotopic (exact) mass is 402 g/mol. The molecule has 2 unspecified atom stereocenters. The highest BCUT2D eigenvalue weighted by Crippen LogP contribution is 2.33. The van der Waals surface area contributed by atoms with Crippen LogP contribution >= 0.6 is 0 Å². The third kappa shape index (κ3) is 7.18. The summed E-state index contributed by atoms with van der Waals surface area (Å²) < 4.78 is 17.8. The van der Waals surface area contributed by atoms with Crippen molar-refractivity contribution in [2.24, 2.45) is 5.92 Å². The molecule has 162 valence electrons. The number of hydrogen-bond acceptors (Lipinski definition) is 4. The Bertz CT molecular complexity index is 645. The Kier molecular flexibility index (Phi) is 9.22. The van der Waals surface area contributed by atoms with Gasteiger partial charge < -0.3 is 14.2 Å². The van der Waals surface area contributed by atoms with Crippen molar-refractivity contribution in [2.75, 3.05) is 6.61 Å². The van der Waals surface area contributed by atoms with Crippen LogP contribution in [-0.4, -0.2) is 18.9 Å². The molecular formula is C25H38O4. The maximum atomic E-state index is 12.1. The minimum atomic E-state index is -0.676. The molecule has 1 aromatic carbocycles. The molecule has 2 atom stereocenters. The first-order valence-corrected chi connectivity index (χ1v) is 11.2. The molecule has 1 fully saturated rings. The van der Waals surface area contributed by atoms with Gasteiger partial charge in [0.15, 0.2) is 6.29 Å². The molecule has 1 saturated carbocycles. The molecule has 0 bridgehead atoms. The predicted octanol–water partition coefficient (Wildman–Crippen LogP) is 6.53. The molecule has 1 aromatic rings. The summed E-state index contributed by atoms with van der Waals surface area (Å²) in [5.74, 6) is 1.12. The summed E-state index contributed by atoms with van der Waals surface area (Å²) in [5, 5.41) is 0. The van der Waals surface area contributed by atoms with E-state index >= 15 is 0 Å². The minimum Gasteiger partial charge on any atom is -0.465 e. The van der Waals surface area contributed by atoms with Crippen molar-refractivity contribution < 1.29 is 19.0 Å². The highest BCUT2D eigenvalue weighted by atomic mass is 16.7. The molecule has 29 heavy (non-hydrogen) atoms. The third-order valence-corrected chi connectivity index (χ3v) is 5.73. The quantitative estimate of drug-likeness (QED) is 0.240. The van der Waals surface area contributed by atoms with Crippen LogP contribution in [0, 0.1) is 5.92 Å². The molecule has 0 heterocycles. The fraction of sp³-hybridized carbons (Fsp3) is 0.640. The first kappa shape index (κ1) is 23.5. The van der Waals surface area contributed by atoms with Crippen molar-refractivity contribution in [3.8, 4) is 5.75 Å². The van der Waals surface area contributed by atoms with Crippen molar-refractivity contribution in [1.82, 2.24) is 0 Å². The highest BCUT2D eigenvalue weighted by molar-refractivity contribution is 5.87. The number of ether oxygens (including phenoxy) is 3. The highest BCUT2D eigenvalue weighted by Gasteiger charge is 2.30. The van der Waals surface area contributed by atoms with Crippen molar-refractivity contribution >= 4 is 5.97 Å². The van der Waals surface area contributed by atoms with Crippen LogP contribution in [0.1, 0.15) is 84.6 Å². The lowest BCUT2D eigenvalue weighted by molar-refractivity contribution is -0.155. The molecule has 0 radical (unpaired) electrons. The number of rotatable bonds is 11. The van der Waals surface area contributed by atoms with Gasteiger partial charge >= 0.3 is 5.97 Å². The van der Waals surface area contributed by atoms with Crippen LogP contribution in [0.4, 0.5) is 0 Å². The molecule has 0 amide bonds. The van der Waals surface area contributed by atoms with E-state index in [9.17, 15) is 4.79 Å². The first-order valence-electron chi connectivity index (χ1n) is 11.2. The van der Waals surface area contributed by atoms with E-state index in [0.29, 0.717) is 18.1 Å². The zero-order valence-corrected chi connectivity index (χ0v) is 18.7. The zero-order chi connectivity index (χ0) is 21.3. The van der Waals surface area contributed by atoms with E-state index < -0.39 is 5.60 Å². The topological polar surface area (TPSA) is 44.8 Å². The summed E-state index contributed by atoms with van der Waals surface area (Å²) in [6.45, 7) is 12.1. The van der Waals surface area contributed by atoms with E-state index in [4.69, 9.17) is 14.2 Å². The largest absolute Gasteiger partial charge is 0.465 e. The summed E-state index contributed by atoms with van der Waals surface area (Å²) in [6, 6.07) is 7.87. The number of esters is 1. The zero-order valence-electron chi connectivity index (χ0n) is 18.7. The van der Waals surface area contributed by atoms with Gasteiger partial charge in [-0.2, -0.15) is 0 Å². The lowest BCUT2D eigenvalue weighted by Gasteiger charge is -2.30. The summed E-state index contributed by atoms with van der Waals surface area (Å²) in [5.41, 5.74) is 0.696. The lowest BCUT2D eigenvalue weighted by atomic mass is 9.87. The second kappa shape index (κ2) is 11.4. The Labute approximate surface area is 176 Å². The van der Waals surface area contributed by atoms with Crippen molar-refractivity contribution in [2.45, 2.75) is 91.0 Å². The summed E-state index contributed by atoms with van der Waals surface area (Å²) in [6.07, 6.45) is 8.92. The van der Waals surface area contributed by atoms with Crippen LogP contribution in [0.15, 0.2) is 36.4 Å². The number of hydrogen-bond donors (Lipinski definition) is 0. The van der Waals surface area contributed by atoms with Crippen LogP contribution in [0.3, 0.4) is 0 Å². The molecule has 0 aliphatic heterocycles. The van der Waals surface area contributed by atoms with E-state index in [0.717, 1.165) is 30.6 Å². The van der Waals surface area contributed by atoms with Crippen molar-refractivity contribution in [1.29, 1.82) is 0 Å². The van der Waals surface area contributed by atoms with Gasteiger partial charge in [0.25, 0.3) is 0 Å². The lowest BCUT2D eigenvalue weighted by Crippen LogP contribution is -2.29. The normalized spacial score (nSPS) is 17.9. The van der Waals surface area contributed by atoms with E-state index in [-0.39, 0.29) is 12.3 Å². The number of carbonyl (C=O) groups excluding carboxylic acids is 1. The van der Waals surface area contributed by atoms with Gasteiger partial charge in [0.2, 0.25) is 0 Å². The van der Waals surface area contributed by atoms with Gasteiger partial charge in [0.05, 0.1) is 0 Å². The van der Waals surface area contributed by atoms with Gasteiger partial charge in [-0.1, -0.05) is 64.2 Å². The van der Waals surface area contributed by atoms with E-state index in [1.807, 2.05) is 38.1 Å². The third-order valence-electron chi connectivity index (χ3n) is 5.73. The molecule has 2 rings (SSSR count). The van der Waals surface area contributed by atoms with Gasteiger partial charge in [0.1, 0.15) is 11.4 Å². The molecule has 0 spiro atoms. The summed E-state index contributed by atoms with van der Waals surface area (Å²) in [7, 11) is 0. The van der Waals surface area contributed by atoms with Crippen LogP contribution in [-0.2, 0) is 19.9 Å². The van der Waals surface area contributed by atoms with Gasteiger partial charge in [0, 0.05) is 18.6 Å². The molecule has 0 saturated heterocycles. The van der Waals surface area contributed by atoms with Crippen molar-refractivity contribution in [3.63, 3.8) is 0 Å². The van der Waals surface area contributed by atoms with Gasteiger partial charge in [-0.3, -0.25) is 0 Å². The molecular weight excluding hydrogens is 364 g/mol. The summed E-state index contributed by atoms with van der Waals surface area (Å²) in [4.78, 5) is 12.1. The molecule has 0 N–H and O–H groups in total.